The van der Waals surface area contributed by atoms with Gasteiger partial charge in [-0.05, 0) is 30.5 Å². The SMILES string of the molecule is Cc1nc2ccccc2cc1C(=O)N1CCN(Cc2noc(-c3cccs3)n2)CC1. The van der Waals surface area contributed by atoms with Crippen LogP contribution in [0, 0.1) is 6.92 Å². The van der Waals surface area contributed by atoms with Crippen LogP contribution in [0.15, 0.2) is 52.4 Å². The monoisotopic (exact) mass is 419 g/mol. The van der Waals surface area contributed by atoms with Crippen molar-refractivity contribution < 1.29 is 9.32 Å². The van der Waals surface area contributed by atoms with Gasteiger partial charge in [-0.2, -0.15) is 4.98 Å². The molecule has 3 aromatic heterocycles. The summed E-state index contributed by atoms with van der Waals surface area (Å²) in [6.07, 6.45) is 0. The lowest BCUT2D eigenvalue weighted by molar-refractivity contribution is 0.0623. The van der Waals surface area contributed by atoms with Gasteiger partial charge in [0.25, 0.3) is 11.8 Å². The van der Waals surface area contributed by atoms with Crippen molar-refractivity contribution in [2.75, 3.05) is 26.2 Å². The predicted molar refractivity (Wildman–Crippen MR) is 115 cm³/mol. The highest BCUT2D eigenvalue weighted by Gasteiger charge is 2.25. The number of amides is 1. The van der Waals surface area contributed by atoms with Crippen molar-refractivity contribution in [1.82, 2.24) is 24.9 Å². The lowest BCUT2D eigenvalue weighted by Gasteiger charge is -2.34. The van der Waals surface area contributed by atoms with Crippen LogP contribution in [-0.2, 0) is 6.54 Å². The summed E-state index contributed by atoms with van der Waals surface area (Å²) in [7, 11) is 0. The molecule has 1 saturated heterocycles. The van der Waals surface area contributed by atoms with Crippen LogP contribution in [0.1, 0.15) is 21.9 Å². The van der Waals surface area contributed by atoms with Crippen LogP contribution < -0.4 is 0 Å². The second-order valence-electron chi connectivity index (χ2n) is 7.38. The van der Waals surface area contributed by atoms with Gasteiger partial charge in [0.2, 0.25) is 0 Å². The summed E-state index contributed by atoms with van der Waals surface area (Å²) in [6, 6.07) is 13.8. The van der Waals surface area contributed by atoms with Crippen LogP contribution in [-0.4, -0.2) is 57.0 Å². The lowest BCUT2D eigenvalue weighted by atomic mass is 10.1. The zero-order valence-electron chi connectivity index (χ0n) is 16.6. The number of piperazine rings is 1. The van der Waals surface area contributed by atoms with Gasteiger partial charge in [0.15, 0.2) is 5.82 Å². The van der Waals surface area contributed by atoms with Gasteiger partial charge in [0, 0.05) is 31.6 Å². The number of fused-ring (bicyclic) bond motifs is 1. The van der Waals surface area contributed by atoms with E-state index >= 15 is 0 Å². The van der Waals surface area contributed by atoms with Gasteiger partial charge >= 0.3 is 0 Å². The van der Waals surface area contributed by atoms with E-state index in [4.69, 9.17) is 4.52 Å². The number of rotatable bonds is 4. The van der Waals surface area contributed by atoms with Crippen LogP contribution >= 0.6 is 11.3 Å². The summed E-state index contributed by atoms with van der Waals surface area (Å²) in [5.74, 6) is 1.28. The standard InChI is InChI=1S/C22H21N5O2S/c1-15-17(13-16-5-2-3-6-18(16)23-15)22(28)27-10-8-26(9-11-27)14-20-24-21(29-25-20)19-7-4-12-30-19/h2-7,12-13H,8-11,14H2,1H3. The molecule has 1 fully saturated rings. The molecule has 4 aromatic rings. The molecule has 0 bridgehead atoms. The van der Waals surface area contributed by atoms with Gasteiger partial charge in [-0.1, -0.05) is 29.4 Å². The summed E-state index contributed by atoms with van der Waals surface area (Å²) in [6.45, 7) is 5.40. The maximum Gasteiger partial charge on any atom is 0.268 e. The minimum Gasteiger partial charge on any atom is -0.336 e. The Morgan fingerprint density at radius 3 is 2.73 bits per heavy atom. The van der Waals surface area contributed by atoms with E-state index in [1.165, 1.54) is 0 Å². The fraction of sp³-hybridized carbons (Fsp3) is 0.273. The average molecular weight is 420 g/mol. The highest BCUT2D eigenvalue weighted by atomic mass is 32.1. The molecular formula is C22H21N5O2S. The quantitative estimate of drug-likeness (QED) is 0.503. The number of carbonyl (C=O) groups is 1. The van der Waals surface area contributed by atoms with E-state index in [-0.39, 0.29) is 5.91 Å². The molecule has 1 amide bonds. The van der Waals surface area contributed by atoms with Crippen molar-refractivity contribution in [2.24, 2.45) is 0 Å². The van der Waals surface area contributed by atoms with Crippen LogP contribution in [0.3, 0.4) is 0 Å². The summed E-state index contributed by atoms with van der Waals surface area (Å²) < 4.78 is 5.37. The Hall–Kier alpha value is -3.10. The summed E-state index contributed by atoms with van der Waals surface area (Å²) in [5, 5.41) is 7.08. The van der Waals surface area contributed by atoms with Crippen LogP contribution in [0.25, 0.3) is 21.7 Å². The van der Waals surface area contributed by atoms with Crippen molar-refractivity contribution in [3.63, 3.8) is 0 Å². The molecule has 0 aliphatic carbocycles. The van der Waals surface area contributed by atoms with E-state index in [9.17, 15) is 4.79 Å². The number of aromatic nitrogens is 3. The predicted octanol–water partition coefficient (Wildman–Crippen LogP) is 3.61. The van der Waals surface area contributed by atoms with Gasteiger partial charge < -0.3 is 9.42 Å². The Balaban J connectivity index is 1.23. The molecule has 152 valence electrons. The number of pyridine rings is 1. The molecule has 5 rings (SSSR count). The summed E-state index contributed by atoms with van der Waals surface area (Å²) >= 11 is 1.58. The van der Waals surface area contributed by atoms with Gasteiger partial charge in [-0.15, -0.1) is 11.3 Å². The number of thiophene rings is 1. The van der Waals surface area contributed by atoms with E-state index in [0.29, 0.717) is 36.9 Å². The number of nitrogens with zero attached hydrogens (tertiary/aromatic N) is 5. The summed E-state index contributed by atoms with van der Waals surface area (Å²) in [5.41, 5.74) is 2.37. The van der Waals surface area contributed by atoms with Crippen molar-refractivity contribution in [3.8, 4) is 10.8 Å². The molecule has 7 nitrogen and oxygen atoms in total. The maximum absolute atomic E-state index is 13.1. The summed E-state index contributed by atoms with van der Waals surface area (Å²) in [4.78, 5) is 27.3. The molecule has 1 aliphatic heterocycles. The topological polar surface area (TPSA) is 75.4 Å². The number of aryl methyl sites for hydroxylation is 1. The largest absolute Gasteiger partial charge is 0.336 e. The van der Waals surface area contributed by atoms with Gasteiger partial charge in [0.05, 0.1) is 28.2 Å². The number of benzene rings is 1. The molecule has 0 saturated carbocycles. The smallest absolute Gasteiger partial charge is 0.268 e. The molecule has 0 spiro atoms. The van der Waals surface area contributed by atoms with Gasteiger partial charge in [0.1, 0.15) is 0 Å². The Morgan fingerprint density at radius 2 is 1.93 bits per heavy atom. The average Bonchev–Trinajstić information content (AvgIpc) is 3.45. The third-order valence-corrected chi connectivity index (χ3v) is 6.23. The zero-order valence-corrected chi connectivity index (χ0v) is 17.4. The minimum absolute atomic E-state index is 0.0462. The Labute approximate surface area is 178 Å². The number of hydrogen-bond acceptors (Lipinski definition) is 7. The van der Waals surface area contributed by atoms with Crippen molar-refractivity contribution >= 4 is 28.1 Å². The van der Waals surface area contributed by atoms with Crippen LogP contribution in [0.5, 0.6) is 0 Å². The Morgan fingerprint density at radius 1 is 1.10 bits per heavy atom. The first-order valence-electron chi connectivity index (χ1n) is 9.92. The third kappa shape index (κ3) is 3.71. The molecule has 0 unspecified atom stereocenters. The maximum atomic E-state index is 13.1. The fourth-order valence-electron chi connectivity index (χ4n) is 3.73. The highest BCUT2D eigenvalue weighted by molar-refractivity contribution is 7.13. The second kappa shape index (κ2) is 7.97. The van der Waals surface area contributed by atoms with E-state index in [1.54, 1.807) is 11.3 Å². The van der Waals surface area contributed by atoms with Gasteiger partial charge in [-0.3, -0.25) is 14.7 Å². The molecule has 0 N–H and O–H groups in total. The van der Waals surface area contributed by atoms with Gasteiger partial charge in [-0.25, -0.2) is 0 Å². The lowest BCUT2D eigenvalue weighted by Crippen LogP contribution is -2.48. The molecule has 0 atom stereocenters. The molecule has 1 aromatic carbocycles. The van der Waals surface area contributed by atoms with Crippen molar-refractivity contribution in [2.45, 2.75) is 13.5 Å². The van der Waals surface area contributed by atoms with E-state index in [1.807, 2.05) is 59.7 Å². The molecule has 8 heteroatoms. The normalized spacial score (nSPS) is 15.0. The molecule has 4 heterocycles. The van der Waals surface area contributed by atoms with Crippen LogP contribution in [0.2, 0.25) is 0 Å². The number of carbonyl (C=O) groups excluding carboxylic acids is 1. The first kappa shape index (κ1) is 18.9. The highest BCUT2D eigenvalue weighted by Crippen LogP contribution is 2.23. The molecule has 30 heavy (non-hydrogen) atoms. The van der Waals surface area contributed by atoms with Crippen molar-refractivity contribution in [1.29, 1.82) is 0 Å². The molecular weight excluding hydrogens is 398 g/mol. The first-order chi connectivity index (χ1) is 14.7. The zero-order chi connectivity index (χ0) is 20.5. The van der Waals surface area contributed by atoms with Crippen LogP contribution in [0.4, 0.5) is 0 Å². The number of hydrogen-bond donors (Lipinski definition) is 0. The fourth-order valence-corrected chi connectivity index (χ4v) is 4.37. The Kier molecular flexibility index (Phi) is 5.02. The molecule has 1 aliphatic rings. The van der Waals surface area contributed by atoms with E-state index in [0.717, 1.165) is 34.6 Å². The second-order valence-corrected chi connectivity index (χ2v) is 8.32. The minimum atomic E-state index is 0.0462. The first-order valence-corrected chi connectivity index (χ1v) is 10.8. The molecule has 0 radical (unpaired) electrons. The van der Waals surface area contributed by atoms with E-state index in [2.05, 4.69) is 20.0 Å². The van der Waals surface area contributed by atoms with Crippen molar-refractivity contribution in [3.05, 3.63) is 64.9 Å². The third-order valence-electron chi connectivity index (χ3n) is 5.37. The Bertz CT molecular complexity index is 1180. The number of para-hydroxylation sites is 1. The van der Waals surface area contributed by atoms with E-state index < -0.39 is 0 Å².